The largest absolute Gasteiger partial charge is 0.383 e. The maximum Gasteiger partial charge on any atom is 0.256 e. The van der Waals surface area contributed by atoms with Gasteiger partial charge in [0.25, 0.3) is 5.91 Å². The number of nitrogens with one attached hydrogen (secondary N) is 1. The van der Waals surface area contributed by atoms with Crippen LogP contribution in [0.3, 0.4) is 0 Å². The Bertz CT molecular complexity index is 389. The van der Waals surface area contributed by atoms with Crippen molar-refractivity contribution in [1.82, 2.24) is 15.1 Å². The number of hydrogen-bond acceptors (Lipinski definition) is 3. The van der Waals surface area contributed by atoms with Gasteiger partial charge in [-0.2, -0.15) is 5.10 Å². The first-order valence-corrected chi connectivity index (χ1v) is 5.32. The second-order valence-corrected chi connectivity index (χ2v) is 5.13. The Labute approximate surface area is 96.0 Å². The summed E-state index contributed by atoms with van der Waals surface area (Å²) in [6, 6.07) is 0.0691. The molecule has 90 valence electrons. The summed E-state index contributed by atoms with van der Waals surface area (Å²) in [5.74, 6) is 0.214. The fraction of sp³-hybridized carbons (Fsp3) is 0.636. The number of rotatable bonds is 2. The summed E-state index contributed by atoms with van der Waals surface area (Å²) < 4.78 is 1.48. The molecule has 1 heterocycles. The fourth-order valence-corrected chi connectivity index (χ4v) is 1.11. The normalized spacial score (nSPS) is 13.6. The van der Waals surface area contributed by atoms with E-state index in [2.05, 4.69) is 31.2 Å². The van der Waals surface area contributed by atoms with Gasteiger partial charge in [-0.25, -0.2) is 0 Å². The number of anilines is 1. The van der Waals surface area contributed by atoms with Crippen molar-refractivity contribution in [3.63, 3.8) is 0 Å². The third-order valence-corrected chi connectivity index (χ3v) is 2.88. The number of carbonyl (C=O) groups is 1. The standard InChI is InChI=1S/C11H20N4O/c1-7(11(2,3)4)14-10(16)8-6-13-15(5)9(8)12/h6-7H,12H2,1-5H3,(H,14,16). The first kappa shape index (κ1) is 12.5. The van der Waals surface area contributed by atoms with Crippen LogP contribution in [-0.4, -0.2) is 21.7 Å². The van der Waals surface area contributed by atoms with Gasteiger partial charge in [0.1, 0.15) is 11.4 Å². The molecule has 1 amide bonds. The van der Waals surface area contributed by atoms with Gasteiger partial charge in [-0.3, -0.25) is 9.48 Å². The summed E-state index contributed by atoms with van der Waals surface area (Å²) >= 11 is 0. The Morgan fingerprint density at radius 2 is 2.12 bits per heavy atom. The Kier molecular flexibility index (Phi) is 3.26. The predicted octanol–water partition coefficient (Wildman–Crippen LogP) is 1.17. The van der Waals surface area contributed by atoms with Crippen molar-refractivity contribution in [2.45, 2.75) is 33.7 Å². The number of aromatic nitrogens is 2. The minimum absolute atomic E-state index is 0.0205. The van der Waals surface area contributed by atoms with E-state index in [1.165, 1.54) is 10.9 Å². The van der Waals surface area contributed by atoms with Crippen LogP contribution in [0.5, 0.6) is 0 Å². The number of nitrogen functional groups attached to an aromatic ring is 1. The first-order valence-electron chi connectivity index (χ1n) is 5.32. The molecule has 0 saturated heterocycles. The minimum atomic E-state index is -0.173. The van der Waals surface area contributed by atoms with E-state index in [4.69, 9.17) is 5.73 Å². The topological polar surface area (TPSA) is 72.9 Å². The number of nitrogens with zero attached hydrogens (tertiary/aromatic N) is 2. The molecule has 1 atom stereocenters. The average Bonchev–Trinajstić information content (AvgIpc) is 2.46. The van der Waals surface area contributed by atoms with Gasteiger partial charge in [0.05, 0.1) is 6.20 Å². The van der Waals surface area contributed by atoms with E-state index < -0.39 is 0 Å². The smallest absolute Gasteiger partial charge is 0.256 e. The molecule has 3 N–H and O–H groups in total. The summed E-state index contributed by atoms with van der Waals surface area (Å²) in [5.41, 5.74) is 6.18. The Morgan fingerprint density at radius 3 is 2.50 bits per heavy atom. The molecule has 0 aliphatic carbocycles. The highest BCUT2D eigenvalue weighted by molar-refractivity contribution is 5.98. The summed E-state index contributed by atoms with van der Waals surface area (Å²) in [7, 11) is 1.71. The monoisotopic (exact) mass is 224 g/mol. The minimum Gasteiger partial charge on any atom is -0.383 e. The van der Waals surface area contributed by atoms with E-state index in [-0.39, 0.29) is 17.4 Å². The first-order chi connectivity index (χ1) is 7.23. The number of nitrogens with two attached hydrogens (primary N) is 1. The zero-order valence-corrected chi connectivity index (χ0v) is 10.5. The van der Waals surface area contributed by atoms with Crippen molar-refractivity contribution >= 4 is 11.7 Å². The van der Waals surface area contributed by atoms with Gasteiger partial charge in [0, 0.05) is 13.1 Å². The molecule has 1 unspecified atom stereocenters. The van der Waals surface area contributed by atoms with Crippen LogP contribution in [-0.2, 0) is 7.05 Å². The highest BCUT2D eigenvalue weighted by atomic mass is 16.1. The Hall–Kier alpha value is -1.52. The second-order valence-electron chi connectivity index (χ2n) is 5.13. The number of carbonyl (C=O) groups excluding carboxylic acids is 1. The van der Waals surface area contributed by atoms with E-state index in [1.807, 2.05) is 6.92 Å². The molecule has 0 bridgehead atoms. The molecule has 0 aromatic carbocycles. The number of aryl methyl sites for hydroxylation is 1. The van der Waals surface area contributed by atoms with Gasteiger partial charge < -0.3 is 11.1 Å². The third kappa shape index (κ3) is 2.53. The molecule has 1 aromatic heterocycles. The van der Waals surface area contributed by atoms with Crippen LogP contribution in [0.25, 0.3) is 0 Å². The van der Waals surface area contributed by atoms with Gasteiger partial charge in [0.15, 0.2) is 0 Å². The second kappa shape index (κ2) is 4.15. The molecular formula is C11H20N4O. The number of hydrogen-bond donors (Lipinski definition) is 2. The zero-order chi connectivity index (χ0) is 12.5. The lowest BCUT2D eigenvalue weighted by Crippen LogP contribution is -2.41. The van der Waals surface area contributed by atoms with Crippen molar-refractivity contribution < 1.29 is 4.79 Å². The molecular weight excluding hydrogens is 204 g/mol. The van der Waals surface area contributed by atoms with Crippen LogP contribution in [0.15, 0.2) is 6.20 Å². The van der Waals surface area contributed by atoms with Crippen molar-refractivity contribution in [2.24, 2.45) is 12.5 Å². The lowest BCUT2D eigenvalue weighted by Gasteiger charge is -2.27. The van der Waals surface area contributed by atoms with E-state index in [9.17, 15) is 4.79 Å². The Balaban J connectivity index is 2.78. The third-order valence-electron chi connectivity index (χ3n) is 2.88. The number of amides is 1. The molecule has 0 aliphatic rings. The van der Waals surface area contributed by atoms with Gasteiger partial charge >= 0.3 is 0 Å². The average molecular weight is 224 g/mol. The quantitative estimate of drug-likeness (QED) is 0.792. The molecule has 16 heavy (non-hydrogen) atoms. The molecule has 0 fully saturated rings. The highest BCUT2D eigenvalue weighted by Crippen LogP contribution is 2.19. The SMILES string of the molecule is CC(NC(=O)c1cnn(C)c1N)C(C)(C)C. The van der Waals surface area contributed by atoms with Crippen molar-refractivity contribution in [3.8, 4) is 0 Å². The van der Waals surface area contributed by atoms with Crippen LogP contribution >= 0.6 is 0 Å². The van der Waals surface area contributed by atoms with Crippen molar-refractivity contribution in [2.75, 3.05) is 5.73 Å². The lowest BCUT2D eigenvalue weighted by atomic mass is 9.88. The maximum atomic E-state index is 11.9. The molecule has 0 saturated carbocycles. The molecule has 1 aromatic rings. The summed E-state index contributed by atoms with van der Waals surface area (Å²) in [5, 5.41) is 6.86. The predicted molar refractivity (Wildman–Crippen MR) is 64.0 cm³/mol. The molecule has 5 heteroatoms. The summed E-state index contributed by atoms with van der Waals surface area (Å²) in [6.45, 7) is 8.20. The van der Waals surface area contributed by atoms with Crippen LogP contribution in [0, 0.1) is 5.41 Å². The molecule has 1 rings (SSSR count). The fourth-order valence-electron chi connectivity index (χ4n) is 1.11. The lowest BCUT2D eigenvalue weighted by molar-refractivity contribution is 0.0911. The molecule has 0 aliphatic heterocycles. The van der Waals surface area contributed by atoms with E-state index >= 15 is 0 Å². The molecule has 0 spiro atoms. The van der Waals surface area contributed by atoms with Crippen LogP contribution in [0.4, 0.5) is 5.82 Å². The van der Waals surface area contributed by atoms with Crippen molar-refractivity contribution in [3.05, 3.63) is 11.8 Å². The van der Waals surface area contributed by atoms with E-state index in [0.29, 0.717) is 11.4 Å². The highest BCUT2D eigenvalue weighted by Gasteiger charge is 2.23. The van der Waals surface area contributed by atoms with Crippen LogP contribution in [0.2, 0.25) is 0 Å². The van der Waals surface area contributed by atoms with E-state index in [1.54, 1.807) is 7.05 Å². The van der Waals surface area contributed by atoms with Gasteiger partial charge in [-0.05, 0) is 12.3 Å². The Morgan fingerprint density at radius 1 is 1.56 bits per heavy atom. The van der Waals surface area contributed by atoms with E-state index in [0.717, 1.165) is 0 Å². The summed E-state index contributed by atoms with van der Waals surface area (Å²) in [4.78, 5) is 11.9. The summed E-state index contributed by atoms with van der Waals surface area (Å²) in [6.07, 6.45) is 1.49. The van der Waals surface area contributed by atoms with Gasteiger partial charge in [-0.15, -0.1) is 0 Å². The molecule has 0 radical (unpaired) electrons. The zero-order valence-electron chi connectivity index (χ0n) is 10.5. The van der Waals surface area contributed by atoms with Gasteiger partial charge in [-0.1, -0.05) is 20.8 Å². The maximum absolute atomic E-state index is 11.9. The van der Waals surface area contributed by atoms with Crippen LogP contribution < -0.4 is 11.1 Å². The van der Waals surface area contributed by atoms with Crippen molar-refractivity contribution in [1.29, 1.82) is 0 Å². The van der Waals surface area contributed by atoms with Crippen LogP contribution in [0.1, 0.15) is 38.1 Å². The molecule has 5 nitrogen and oxygen atoms in total. The van der Waals surface area contributed by atoms with Gasteiger partial charge in [0.2, 0.25) is 0 Å².